The maximum Gasteiger partial charge on any atom is 0.340 e. The number of carbonyl (C=O) groups is 3. The van der Waals surface area contributed by atoms with E-state index >= 15 is 0 Å². The van der Waals surface area contributed by atoms with E-state index < -0.39 is 47.4 Å². The Balaban J connectivity index is 2.01. The van der Waals surface area contributed by atoms with Crippen molar-refractivity contribution in [3.05, 3.63) is 35.9 Å². The van der Waals surface area contributed by atoms with Gasteiger partial charge >= 0.3 is 11.9 Å². The molecule has 2 aliphatic rings. The zero-order chi connectivity index (χ0) is 21.2. The third kappa shape index (κ3) is 3.56. The van der Waals surface area contributed by atoms with Crippen LogP contribution >= 0.6 is 0 Å². The fourth-order valence-electron chi connectivity index (χ4n) is 4.55. The minimum Gasteiger partial charge on any atom is -0.453 e. The maximum atomic E-state index is 12.7. The lowest BCUT2D eigenvalue weighted by Gasteiger charge is -2.62. The van der Waals surface area contributed by atoms with Gasteiger partial charge in [0.15, 0.2) is 5.60 Å². The molecule has 0 N–H and O–H groups in total. The molecule has 0 spiro atoms. The lowest BCUT2D eigenvalue weighted by molar-refractivity contribution is -0.346. The molecule has 2 fully saturated rings. The molecule has 1 saturated carbocycles. The third-order valence-electron chi connectivity index (χ3n) is 5.98. The number of carbonyl (C=O) groups excluding carboxylic acids is 3. The minimum absolute atomic E-state index is 0.0739. The van der Waals surface area contributed by atoms with Gasteiger partial charge in [0.1, 0.15) is 12.4 Å². The first-order valence-corrected chi connectivity index (χ1v) is 9.41. The molecular formula is C21H26O8. The number of aldehydes is 1. The Labute approximate surface area is 169 Å². The lowest BCUT2D eigenvalue weighted by Crippen LogP contribution is -2.76. The molecule has 0 radical (unpaired) electrons. The number of hydrogen-bond acceptors (Lipinski definition) is 8. The first-order chi connectivity index (χ1) is 13.8. The van der Waals surface area contributed by atoms with Gasteiger partial charge in [-0.25, -0.2) is 4.79 Å². The van der Waals surface area contributed by atoms with E-state index in [0.29, 0.717) is 12.0 Å². The molecule has 3 rings (SSSR count). The minimum atomic E-state index is -1.17. The molecule has 0 amide bonds. The van der Waals surface area contributed by atoms with E-state index in [1.807, 2.05) is 0 Å². The zero-order valence-corrected chi connectivity index (χ0v) is 17.0. The maximum absolute atomic E-state index is 12.7. The van der Waals surface area contributed by atoms with Crippen molar-refractivity contribution in [3.63, 3.8) is 0 Å². The fourth-order valence-corrected chi connectivity index (χ4v) is 4.55. The van der Waals surface area contributed by atoms with Crippen molar-refractivity contribution in [2.24, 2.45) is 11.3 Å². The predicted molar refractivity (Wildman–Crippen MR) is 100.0 cm³/mol. The third-order valence-corrected chi connectivity index (χ3v) is 5.98. The van der Waals surface area contributed by atoms with E-state index in [2.05, 4.69) is 0 Å². The van der Waals surface area contributed by atoms with E-state index in [1.54, 1.807) is 37.3 Å². The Bertz CT molecular complexity index is 765. The van der Waals surface area contributed by atoms with Crippen molar-refractivity contribution < 1.29 is 38.1 Å². The van der Waals surface area contributed by atoms with Crippen molar-refractivity contribution in [1.29, 1.82) is 0 Å². The first-order valence-electron chi connectivity index (χ1n) is 9.41. The second-order valence-electron chi connectivity index (χ2n) is 7.65. The van der Waals surface area contributed by atoms with Gasteiger partial charge < -0.3 is 28.5 Å². The van der Waals surface area contributed by atoms with Crippen LogP contribution in [0.1, 0.15) is 30.6 Å². The van der Waals surface area contributed by atoms with Crippen LogP contribution in [0.25, 0.3) is 0 Å². The highest BCUT2D eigenvalue weighted by Gasteiger charge is 2.71. The van der Waals surface area contributed by atoms with Crippen molar-refractivity contribution in [2.75, 3.05) is 20.8 Å². The Kier molecular flexibility index (Phi) is 6.07. The van der Waals surface area contributed by atoms with E-state index in [4.69, 9.17) is 23.7 Å². The molecule has 6 atom stereocenters. The highest BCUT2D eigenvalue weighted by molar-refractivity contribution is 5.89. The van der Waals surface area contributed by atoms with Crippen molar-refractivity contribution in [2.45, 2.75) is 44.4 Å². The average Bonchev–Trinajstić information content (AvgIpc) is 2.71. The Morgan fingerprint density at radius 1 is 1.24 bits per heavy atom. The highest BCUT2D eigenvalue weighted by atomic mass is 16.7. The molecule has 0 unspecified atom stereocenters. The SMILES string of the molecule is CO[C@@H](OC(=O)c1ccccc1)[C@H]1[C@](C)(C=O)[C@@H](OC)C[C@H]2OC[C@]21OC(C)=O. The number of fused-ring (bicyclic) bond motifs is 1. The van der Waals surface area contributed by atoms with Gasteiger partial charge in [-0.1, -0.05) is 18.2 Å². The number of benzene rings is 1. The summed E-state index contributed by atoms with van der Waals surface area (Å²) in [6.07, 6.45) is -1.08. The Morgan fingerprint density at radius 3 is 2.41 bits per heavy atom. The molecule has 8 heteroatoms. The van der Waals surface area contributed by atoms with E-state index in [9.17, 15) is 14.4 Å². The predicted octanol–water partition coefficient (Wildman–Crippen LogP) is 1.76. The molecule has 1 saturated heterocycles. The van der Waals surface area contributed by atoms with Gasteiger partial charge in [-0.15, -0.1) is 0 Å². The normalized spacial score (nSPS) is 34.3. The summed E-state index contributed by atoms with van der Waals surface area (Å²) in [5.74, 6) is -1.96. The van der Waals surface area contributed by atoms with Gasteiger partial charge in [0.25, 0.3) is 0 Å². The standard InChI is InChI=1S/C21H26O8/c1-13(23)29-21-12-27-16(21)10-15(25-3)20(2,11-22)17(21)19(26-4)28-18(24)14-8-6-5-7-9-14/h5-9,11,15-17,19H,10,12H2,1-4H3/t15-,16+,17-,19-,20+,21-/m0/s1. The monoisotopic (exact) mass is 406 g/mol. The van der Waals surface area contributed by atoms with Crippen molar-refractivity contribution >= 4 is 18.2 Å². The van der Waals surface area contributed by atoms with Gasteiger partial charge in [-0.2, -0.15) is 0 Å². The van der Waals surface area contributed by atoms with Crippen LogP contribution in [0, 0.1) is 11.3 Å². The summed E-state index contributed by atoms with van der Waals surface area (Å²) in [5.41, 5.74) is -1.97. The first kappa shape index (κ1) is 21.4. The molecule has 1 aliphatic heterocycles. The van der Waals surface area contributed by atoms with Crippen molar-refractivity contribution in [3.8, 4) is 0 Å². The van der Waals surface area contributed by atoms with Gasteiger partial charge in [0, 0.05) is 27.6 Å². The number of rotatable bonds is 7. The molecular weight excluding hydrogens is 380 g/mol. The van der Waals surface area contributed by atoms with Crippen LogP contribution in [0.3, 0.4) is 0 Å². The van der Waals surface area contributed by atoms with Gasteiger partial charge in [0.05, 0.1) is 29.6 Å². The molecule has 1 heterocycles. The summed E-state index contributed by atoms with van der Waals surface area (Å²) in [5, 5.41) is 0. The fraction of sp³-hybridized carbons (Fsp3) is 0.571. The summed E-state index contributed by atoms with van der Waals surface area (Å²) in [6, 6.07) is 8.44. The van der Waals surface area contributed by atoms with Gasteiger partial charge in [-0.3, -0.25) is 4.79 Å². The van der Waals surface area contributed by atoms with Crippen LogP contribution in [0.5, 0.6) is 0 Å². The second kappa shape index (κ2) is 8.22. The molecule has 158 valence electrons. The van der Waals surface area contributed by atoms with E-state index in [-0.39, 0.29) is 6.61 Å². The molecule has 0 bridgehead atoms. The van der Waals surface area contributed by atoms with Crippen LogP contribution in [0.15, 0.2) is 30.3 Å². The summed E-state index contributed by atoms with van der Waals surface area (Å²) >= 11 is 0. The topological polar surface area (TPSA) is 97.4 Å². The molecule has 8 nitrogen and oxygen atoms in total. The van der Waals surface area contributed by atoms with Crippen LogP contribution in [0.2, 0.25) is 0 Å². The number of methoxy groups -OCH3 is 2. The van der Waals surface area contributed by atoms with E-state index in [0.717, 1.165) is 6.29 Å². The van der Waals surface area contributed by atoms with Crippen LogP contribution in [-0.2, 0) is 33.3 Å². The average molecular weight is 406 g/mol. The van der Waals surface area contributed by atoms with E-state index in [1.165, 1.54) is 21.1 Å². The Hall–Kier alpha value is -2.29. The van der Waals surface area contributed by atoms with Crippen LogP contribution in [0.4, 0.5) is 0 Å². The largest absolute Gasteiger partial charge is 0.453 e. The van der Waals surface area contributed by atoms with Gasteiger partial charge in [-0.05, 0) is 19.1 Å². The Morgan fingerprint density at radius 2 is 1.93 bits per heavy atom. The molecule has 0 aromatic heterocycles. The quantitative estimate of drug-likeness (QED) is 0.384. The van der Waals surface area contributed by atoms with Gasteiger partial charge in [0.2, 0.25) is 6.29 Å². The van der Waals surface area contributed by atoms with Crippen LogP contribution in [-0.4, -0.2) is 63.2 Å². The van der Waals surface area contributed by atoms with Crippen LogP contribution < -0.4 is 0 Å². The number of esters is 2. The molecule has 29 heavy (non-hydrogen) atoms. The lowest BCUT2D eigenvalue weighted by atomic mass is 9.56. The molecule has 1 aromatic rings. The summed E-state index contributed by atoms with van der Waals surface area (Å²) in [7, 11) is 2.87. The highest BCUT2D eigenvalue weighted by Crippen LogP contribution is 2.55. The summed E-state index contributed by atoms with van der Waals surface area (Å²) in [4.78, 5) is 36.9. The number of hydrogen-bond donors (Lipinski definition) is 0. The zero-order valence-electron chi connectivity index (χ0n) is 17.0. The molecule has 1 aromatic carbocycles. The smallest absolute Gasteiger partial charge is 0.340 e. The van der Waals surface area contributed by atoms with Crippen molar-refractivity contribution in [1.82, 2.24) is 0 Å². The summed E-state index contributed by atoms with van der Waals surface area (Å²) in [6.45, 7) is 3.06. The second-order valence-corrected chi connectivity index (χ2v) is 7.65. The number of ether oxygens (including phenoxy) is 5. The molecule has 1 aliphatic carbocycles. The summed E-state index contributed by atoms with van der Waals surface area (Å²) < 4.78 is 28.1.